The van der Waals surface area contributed by atoms with Crippen LogP contribution in [0.4, 0.5) is 4.79 Å². The Labute approximate surface area is 152 Å². The first-order valence-electron chi connectivity index (χ1n) is 9.30. The second-order valence-electron chi connectivity index (χ2n) is 7.36. The van der Waals surface area contributed by atoms with Crippen LogP contribution >= 0.6 is 0 Å². The molecule has 2 unspecified atom stereocenters. The molecule has 1 aromatic carbocycles. The maximum atomic E-state index is 12.4. The van der Waals surface area contributed by atoms with Gasteiger partial charge in [-0.05, 0) is 45.2 Å². The van der Waals surface area contributed by atoms with Gasteiger partial charge >= 0.3 is 6.03 Å². The number of urea groups is 1. The Morgan fingerprint density at radius 3 is 2.64 bits per heavy atom. The lowest BCUT2D eigenvalue weighted by Gasteiger charge is -2.43. The summed E-state index contributed by atoms with van der Waals surface area (Å²) < 4.78 is 5.45. The van der Waals surface area contributed by atoms with Gasteiger partial charge in [0.25, 0.3) is 0 Å². The van der Waals surface area contributed by atoms with Gasteiger partial charge in [0.2, 0.25) is 0 Å². The van der Waals surface area contributed by atoms with Crippen molar-refractivity contribution in [2.45, 2.75) is 52.6 Å². The third kappa shape index (κ3) is 5.19. The topological polar surface area (TPSA) is 53.6 Å². The second kappa shape index (κ2) is 8.68. The van der Waals surface area contributed by atoms with Gasteiger partial charge in [0.05, 0.1) is 19.3 Å². The number of nitrogens with one attached hydrogen (secondary N) is 2. The number of amides is 2. The van der Waals surface area contributed by atoms with Crippen LogP contribution in [0.2, 0.25) is 0 Å². The van der Waals surface area contributed by atoms with Crippen LogP contribution in [-0.2, 0) is 4.74 Å². The van der Waals surface area contributed by atoms with E-state index in [-0.39, 0.29) is 17.6 Å². The summed E-state index contributed by atoms with van der Waals surface area (Å²) in [5, 5.41) is 6.14. The van der Waals surface area contributed by atoms with Crippen molar-refractivity contribution in [1.82, 2.24) is 15.5 Å². The summed E-state index contributed by atoms with van der Waals surface area (Å²) in [6, 6.07) is 6.22. The van der Waals surface area contributed by atoms with E-state index in [2.05, 4.69) is 61.4 Å². The monoisotopic (exact) mass is 347 g/mol. The molecule has 1 aliphatic rings. The predicted octanol–water partition coefficient (Wildman–Crippen LogP) is 3.16. The Kier molecular flexibility index (Phi) is 6.85. The van der Waals surface area contributed by atoms with E-state index in [0.717, 1.165) is 32.7 Å². The number of carbonyl (C=O) groups excluding carboxylic acids is 1. The second-order valence-corrected chi connectivity index (χ2v) is 7.36. The number of benzene rings is 1. The van der Waals surface area contributed by atoms with Crippen molar-refractivity contribution in [3.8, 4) is 0 Å². The first kappa shape index (κ1) is 19.7. The molecule has 2 amide bonds. The first-order chi connectivity index (χ1) is 11.9. The van der Waals surface area contributed by atoms with Crippen molar-refractivity contribution >= 4 is 6.03 Å². The molecule has 1 fully saturated rings. The van der Waals surface area contributed by atoms with Gasteiger partial charge in [-0.15, -0.1) is 0 Å². The van der Waals surface area contributed by atoms with E-state index < -0.39 is 0 Å². The molecule has 2 N–H and O–H groups in total. The van der Waals surface area contributed by atoms with E-state index in [0.29, 0.717) is 6.54 Å². The molecule has 0 aliphatic carbocycles. The van der Waals surface area contributed by atoms with Crippen LogP contribution in [0.5, 0.6) is 0 Å². The summed E-state index contributed by atoms with van der Waals surface area (Å²) in [5.74, 6) is 0. The zero-order valence-corrected chi connectivity index (χ0v) is 16.3. The molecule has 5 nitrogen and oxygen atoms in total. The average molecular weight is 348 g/mol. The van der Waals surface area contributed by atoms with Gasteiger partial charge in [0.15, 0.2) is 0 Å². The summed E-state index contributed by atoms with van der Waals surface area (Å²) in [6.45, 7) is 14.6. The molecular formula is C20H33N3O2. The number of carbonyl (C=O) groups is 1. The van der Waals surface area contributed by atoms with Crippen LogP contribution in [0.25, 0.3) is 0 Å². The van der Waals surface area contributed by atoms with Gasteiger partial charge in [-0.2, -0.15) is 0 Å². The van der Waals surface area contributed by atoms with E-state index >= 15 is 0 Å². The number of hydrogen-bond donors (Lipinski definition) is 2. The van der Waals surface area contributed by atoms with Gasteiger partial charge < -0.3 is 15.4 Å². The van der Waals surface area contributed by atoms with Crippen molar-refractivity contribution in [3.05, 3.63) is 34.9 Å². The highest BCUT2D eigenvalue weighted by Gasteiger charge is 2.31. The zero-order chi connectivity index (χ0) is 18.4. The maximum absolute atomic E-state index is 12.4. The average Bonchev–Trinajstić information content (AvgIpc) is 2.62. The molecule has 2 rings (SSSR count). The number of nitrogens with zero attached hydrogens (tertiary/aromatic N) is 1. The lowest BCUT2D eigenvalue weighted by atomic mass is 9.95. The van der Waals surface area contributed by atoms with Crippen molar-refractivity contribution in [2.24, 2.45) is 0 Å². The molecule has 140 valence electrons. The molecular weight excluding hydrogens is 314 g/mol. The quantitative estimate of drug-likeness (QED) is 0.831. The molecule has 1 aliphatic heterocycles. The molecule has 25 heavy (non-hydrogen) atoms. The first-order valence-corrected chi connectivity index (χ1v) is 9.30. The van der Waals surface area contributed by atoms with Crippen LogP contribution in [0, 0.1) is 13.8 Å². The minimum absolute atomic E-state index is 0.0174. The number of ether oxygens (including phenoxy) is 1. The minimum Gasteiger partial charge on any atom is -0.379 e. The van der Waals surface area contributed by atoms with Gasteiger partial charge in [-0.3, -0.25) is 4.90 Å². The molecule has 2 atom stereocenters. The van der Waals surface area contributed by atoms with Gasteiger partial charge in [0, 0.05) is 25.2 Å². The lowest BCUT2D eigenvalue weighted by Crippen LogP contribution is -2.57. The van der Waals surface area contributed by atoms with Crippen LogP contribution in [0.3, 0.4) is 0 Å². The summed E-state index contributed by atoms with van der Waals surface area (Å²) in [6.07, 6.45) is 0.986. The molecule has 1 aromatic rings. The van der Waals surface area contributed by atoms with E-state index in [9.17, 15) is 4.79 Å². The number of aryl methyl sites for hydroxylation is 2. The summed E-state index contributed by atoms with van der Waals surface area (Å²) in [4.78, 5) is 14.8. The normalized spacial score (nSPS) is 19.1. The van der Waals surface area contributed by atoms with Crippen LogP contribution in [0.1, 0.15) is 49.9 Å². The van der Waals surface area contributed by atoms with Crippen molar-refractivity contribution in [2.75, 3.05) is 32.8 Å². The van der Waals surface area contributed by atoms with Crippen molar-refractivity contribution in [3.63, 3.8) is 0 Å². The molecule has 1 saturated heterocycles. The Morgan fingerprint density at radius 2 is 2.00 bits per heavy atom. The fourth-order valence-corrected chi connectivity index (χ4v) is 3.39. The fourth-order valence-electron chi connectivity index (χ4n) is 3.39. The Morgan fingerprint density at radius 1 is 1.32 bits per heavy atom. The molecule has 5 heteroatoms. The van der Waals surface area contributed by atoms with Gasteiger partial charge in [-0.25, -0.2) is 4.79 Å². The molecule has 0 spiro atoms. The third-order valence-corrected chi connectivity index (χ3v) is 5.41. The molecule has 0 bridgehead atoms. The largest absolute Gasteiger partial charge is 0.379 e. The Bertz CT molecular complexity index is 584. The number of rotatable bonds is 6. The lowest BCUT2D eigenvalue weighted by molar-refractivity contribution is -0.0165. The van der Waals surface area contributed by atoms with Gasteiger partial charge in [-0.1, -0.05) is 30.7 Å². The molecule has 1 heterocycles. The summed E-state index contributed by atoms with van der Waals surface area (Å²) in [5.41, 5.74) is 3.54. The highest BCUT2D eigenvalue weighted by Crippen LogP contribution is 2.21. The van der Waals surface area contributed by atoms with E-state index in [1.54, 1.807) is 0 Å². The summed E-state index contributed by atoms with van der Waals surface area (Å²) >= 11 is 0. The molecule has 0 radical (unpaired) electrons. The molecule has 0 saturated carbocycles. The van der Waals surface area contributed by atoms with Gasteiger partial charge in [0.1, 0.15) is 0 Å². The third-order valence-electron chi connectivity index (χ3n) is 5.41. The SMILES string of the molecule is CCC(C)(CNC(=O)NC(C)c1cc(C)ccc1C)N1CCOCC1. The standard InChI is InChI=1S/C20H33N3O2/c1-6-20(5,23-9-11-25-12-10-23)14-21-19(24)22-17(4)18-13-15(2)7-8-16(18)3/h7-8,13,17H,6,9-12,14H2,1-5H3,(H2,21,22,24). The Balaban J connectivity index is 1.91. The number of hydrogen-bond acceptors (Lipinski definition) is 3. The van der Waals surface area contributed by atoms with Crippen molar-refractivity contribution < 1.29 is 9.53 Å². The Hall–Kier alpha value is -1.59. The van der Waals surface area contributed by atoms with E-state index in [1.165, 1.54) is 16.7 Å². The highest BCUT2D eigenvalue weighted by molar-refractivity contribution is 5.74. The molecule has 0 aromatic heterocycles. The minimum atomic E-state index is -0.110. The van der Waals surface area contributed by atoms with Crippen LogP contribution in [-0.4, -0.2) is 49.3 Å². The van der Waals surface area contributed by atoms with E-state index in [1.807, 2.05) is 6.92 Å². The highest BCUT2D eigenvalue weighted by atomic mass is 16.5. The zero-order valence-electron chi connectivity index (χ0n) is 16.3. The smallest absolute Gasteiger partial charge is 0.315 e. The summed E-state index contributed by atoms with van der Waals surface area (Å²) in [7, 11) is 0. The van der Waals surface area contributed by atoms with Crippen LogP contribution in [0.15, 0.2) is 18.2 Å². The van der Waals surface area contributed by atoms with Crippen LogP contribution < -0.4 is 10.6 Å². The predicted molar refractivity (Wildman–Crippen MR) is 102 cm³/mol. The maximum Gasteiger partial charge on any atom is 0.315 e. The number of morpholine rings is 1. The van der Waals surface area contributed by atoms with E-state index in [4.69, 9.17) is 4.74 Å². The van der Waals surface area contributed by atoms with Crippen molar-refractivity contribution in [1.29, 1.82) is 0 Å². The fraction of sp³-hybridized carbons (Fsp3) is 0.650.